The summed E-state index contributed by atoms with van der Waals surface area (Å²) in [5.41, 5.74) is 0.984. The summed E-state index contributed by atoms with van der Waals surface area (Å²) in [6, 6.07) is 11.1. The van der Waals surface area contributed by atoms with E-state index >= 15 is 0 Å². The second-order valence-corrected chi connectivity index (χ2v) is 8.56. The molecule has 2 N–H and O–H groups in total. The van der Waals surface area contributed by atoms with Gasteiger partial charge in [0.05, 0.1) is 24.3 Å². The summed E-state index contributed by atoms with van der Waals surface area (Å²) in [5, 5.41) is 5.61. The Kier molecular flexibility index (Phi) is 7.46. The van der Waals surface area contributed by atoms with Crippen LogP contribution in [0.3, 0.4) is 0 Å². The van der Waals surface area contributed by atoms with Gasteiger partial charge in [0.25, 0.3) is 11.8 Å². The van der Waals surface area contributed by atoms with E-state index < -0.39 is 23.6 Å². The van der Waals surface area contributed by atoms with Gasteiger partial charge in [-0.2, -0.15) is 13.2 Å². The lowest BCUT2D eigenvalue weighted by molar-refractivity contribution is -0.137. The number of halogens is 4. The molecule has 2 amide bonds. The summed E-state index contributed by atoms with van der Waals surface area (Å²) in [5.74, 6) is -1.14. The molecule has 0 radical (unpaired) electrons. The molecule has 4 rings (SSSR count). The fraction of sp³-hybridized carbons (Fsp3) is 0.240. The number of rotatable bonds is 5. The average Bonchev–Trinajstić information content (AvgIpc) is 2.86. The van der Waals surface area contributed by atoms with E-state index in [2.05, 4.69) is 15.6 Å². The third-order valence-electron chi connectivity index (χ3n) is 5.62. The van der Waals surface area contributed by atoms with Crippen LogP contribution in [0.2, 0.25) is 5.15 Å². The number of carbonyl (C=O) groups is 2. The molecule has 0 saturated carbocycles. The van der Waals surface area contributed by atoms with E-state index in [9.17, 15) is 22.8 Å². The van der Waals surface area contributed by atoms with E-state index in [0.717, 1.165) is 17.7 Å². The highest BCUT2D eigenvalue weighted by Crippen LogP contribution is 2.33. The van der Waals surface area contributed by atoms with Gasteiger partial charge in [0.15, 0.2) is 0 Å². The van der Waals surface area contributed by atoms with Gasteiger partial charge in [-0.1, -0.05) is 17.7 Å². The van der Waals surface area contributed by atoms with Crippen LogP contribution in [0.25, 0.3) is 0 Å². The van der Waals surface area contributed by atoms with E-state index in [1.54, 1.807) is 24.0 Å². The predicted molar refractivity (Wildman–Crippen MR) is 131 cm³/mol. The summed E-state index contributed by atoms with van der Waals surface area (Å²) in [4.78, 5) is 31.1. The highest BCUT2D eigenvalue weighted by molar-refractivity contribution is 6.29. The minimum atomic E-state index is -4.62. The molecule has 0 atom stereocenters. The van der Waals surface area contributed by atoms with Gasteiger partial charge >= 0.3 is 6.18 Å². The van der Waals surface area contributed by atoms with Crippen molar-refractivity contribution in [2.45, 2.75) is 13.1 Å². The number of carbonyl (C=O) groups excluding carboxylic acids is 2. The highest BCUT2D eigenvalue weighted by atomic mass is 35.5. The SMILES string of the molecule is Cc1ccc(NC(=O)c2cc(N3CCOCC3)cc(C(F)(F)F)c2)cc1NC(=O)c1ccc(Cl)nc1. The fourth-order valence-corrected chi connectivity index (χ4v) is 3.76. The Morgan fingerprint density at radius 1 is 0.972 bits per heavy atom. The van der Waals surface area contributed by atoms with Crippen molar-refractivity contribution < 1.29 is 27.5 Å². The van der Waals surface area contributed by atoms with Crippen molar-refractivity contribution >= 4 is 40.5 Å². The Hall–Kier alpha value is -3.63. The van der Waals surface area contributed by atoms with Crippen molar-refractivity contribution in [3.63, 3.8) is 0 Å². The van der Waals surface area contributed by atoms with Crippen molar-refractivity contribution in [1.82, 2.24) is 4.98 Å². The second-order valence-electron chi connectivity index (χ2n) is 8.17. The van der Waals surface area contributed by atoms with Crippen molar-refractivity contribution in [3.8, 4) is 0 Å². The molecule has 0 spiro atoms. The first-order valence-corrected chi connectivity index (χ1v) is 11.4. The Bertz CT molecular complexity index is 1280. The monoisotopic (exact) mass is 518 g/mol. The molecule has 1 saturated heterocycles. The van der Waals surface area contributed by atoms with Gasteiger partial charge in [0.1, 0.15) is 5.15 Å². The number of anilines is 3. The number of morpholine rings is 1. The molecule has 11 heteroatoms. The number of pyridine rings is 1. The zero-order chi connectivity index (χ0) is 25.9. The molecule has 1 aliphatic rings. The van der Waals surface area contributed by atoms with E-state index in [1.165, 1.54) is 30.5 Å². The van der Waals surface area contributed by atoms with Crippen LogP contribution in [0.1, 0.15) is 31.8 Å². The topological polar surface area (TPSA) is 83.6 Å². The zero-order valence-corrected chi connectivity index (χ0v) is 19.9. The van der Waals surface area contributed by atoms with Crippen LogP contribution in [0.15, 0.2) is 54.7 Å². The molecule has 0 unspecified atom stereocenters. The Labute approximate surface area is 210 Å². The number of amides is 2. The molecular formula is C25H22ClF3N4O3. The Morgan fingerprint density at radius 2 is 1.69 bits per heavy atom. The maximum Gasteiger partial charge on any atom is 0.416 e. The quantitative estimate of drug-likeness (QED) is 0.442. The van der Waals surface area contributed by atoms with Gasteiger partial charge in [-0.15, -0.1) is 0 Å². The average molecular weight is 519 g/mol. The zero-order valence-electron chi connectivity index (χ0n) is 19.2. The maximum atomic E-state index is 13.6. The summed E-state index contributed by atoms with van der Waals surface area (Å²) >= 11 is 5.76. The third-order valence-corrected chi connectivity index (χ3v) is 5.84. The summed E-state index contributed by atoms with van der Waals surface area (Å²) < 4.78 is 46.0. The minimum Gasteiger partial charge on any atom is -0.378 e. The van der Waals surface area contributed by atoms with Crippen molar-refractivity contribution in [1.29, 1.82) is 0 Å². The molecule has 2 aromatic carbocycles. The van der Waals surface area contributed by atoms with Gasteiger partial charge < -0.3 is 20.3 Å². The van der Waals surface area contributed by atoms with Crippen LogP contribution in [-0.4, -0.2) is 43.1 Å². The number of hydrogen-bond donors (Lipinski definition) is 2. The van der Waals surface area contributed by atoms with Crippen LogP contribution >= 0.6 is 11.6 Å². The summed E-state index contributed by atoms with van der Waals surface area (Å²) in [7, 11) is 0. The van der Waals surface area contributed by atoms with Gasteiger partial charge in [-0.25, -0.2) is 4.98 Å². The first-order valence-electron chi connectivity index (χ1n) is 11.0. The Balaban J connectivity index is 1.56. The van der Waals surface area contributed by atoms with E-state index in [4.69, 9.17) is 16.3 Å². The first-order chi connectivity index (χ1) is 17.1. The Morgan fingerprint density at radius 3 is 2.36 bits per heavy atom. The fourth-order valence-electron chi connectivity index (χ4n) is 3.65. The molecule has 2 heterocycles. The smallest absolute Gasteiger partial charge is 0.378 e. The molecular weight excluding hydrogens is 497 g/mol. The van der Waals surface area contributed by atoms with Gasteiger partial charge in [-0.05, 0) is 55.0 Å². The minimum absolute atomic E-state index is 0.135. The highest BCUT2D eigenvalue weighted by Gasteiger charge is 2.32. The molecule has 188 valence electrons. The normalized spacial score (nSPS) is 13.9. The molecule has 3 aromatic rings. The van der Waals surface area contributed by atoms with E-state index in [1.807, 2.05) is 0 Å². The lowest BCUT2D eigenvalue weighted by Gasteiger charge is -2.29. The third kappa shape index (κ3) is 6.13. The number of aromatic nitrogens is 1. The lowest BCUT2D eigenvalue weighted by Crippen LogP contribution is -2.36. The van der Waals surface area contributed by atoms with Crippen molar-refractivity contribution in [2.75, 3.05) is 41.8 Å². The van der Waals surface area contributed by atoms with Crippen molar-refractivity contribution in [3.05, 3.63) is 82.1 Å². The number of alkyl halides is 3. The van der Waals surface area contributed by atoms with Crippen molar-refractivity contribution in [2.24, 2.45) is 0 Å². The lowest BCUT2D eigenvalue weighted by atomic mass is 10.1. The molecule has 1 fully saturated rings. The summed E-state index contributed by atoms with van der Waals surface area (Å²) in [6.45, 7) is 3.39. The molecule has 1 aromatic heterocycles. The van der Waals surface area contributed by atoms with Gasteiger partial charge in [0, 0.05) is 41.9 Å². The molecule has 36 heavy (non-hydrogen) atoms. The number of ether oxygens (including phenoxy) is 1. The molecule has 7 nitrogen and oxygen atoms in total. The number of hydrogen-bond acceptors (Lipinski definition) is 5. The summed E-state index contributed by atoms with van der Waals surface area (Å²) in [6.07, 6.45) is -3.28. The molecule has 0 aliphatic carbocycles. The van der Waals surface area contributed by atoms with Crippen LogP contribution in [0.4, 0.5) is 30.2 Å². The van der Waals surface area contributed by atoms with Crippen LogP contribution in [0, 0.1) is 6.92 Å². The second kappa shape index (κ2) is 10.5. The predicted octanol–water partition coefficient (Wildman–Crippen LogP) is 5.40. The van der Waals surface area contributed by atoms with Gasteiger partial charge in [-0.3, -0.25) is 9.59 Å². The standard InChI is InChI=1S/C25H22ClF3N4O3/c1-15-2-4-19(13-21(15)32-23(34)16-3-5-22(26)30-14-16)31-24(35)17-10-18(25(27,28)29)12-20(11-17)33-6-8-36-9-7-33/h2-5,10-14H,6-9H2,1H3,(H,31,35)(H,32,34). The van der Waals surface area contributed by atoms with Crippen LogP contribution < -0.4 is 15.5 Å². The number of aryl methyl sites for hydroxylation is 1. The van der Waals surface area contributed by atoms with Gasteiger partial charge in [0.2, 0.25) is 0 Å². The molecule has 1 aliphatic heterocycles. The molecule has 0 bridgehead atoms. The van der Waals surface area contributed by atoms with E-state index in [0.29, 0.717) is 43.4 Å². The van der Waals surface area contributed by atoms with Crippen LogP contribution in [-0.2, 0) is 10.9 Å². The number of nitrogens with one attached hydrogen (secondary N) is 2. The van der Waals surface area contributed by atoms with Crippen LogP contribution in [0.5, 0.6) is 0 Å². The number of nitrogens with zero attached hydrogens (tertiary/aromatic N) is 2. The maximum absolute atomic E-state index is 13.6. The number of benzene rings is 2. The largest absolute Gasteiger partial charge is 0.416 e. The van der Waals surface area contributed by atoms with E-state index in [-0.39, 0.29) is 16.3 Å². The first kappa shape index (κ1) is 25.5.